The highest BCUT2D eigenvalue weighted by molar-refractivity contribution is 9.10. The van der Waals surface area contributed by atoms with E-state index >= 15 is 0 Å². The van der Waals surface area contributed by atoms with E-state index in [9.17, 15) is 0 Å². The number of nitrogens with zero attached hydrogens (tertiary/aromatic N) is 2. The Kier molecular flexibility index (Phi) is 5.87. The van der Waals surface area contributed by atoms with Gasteiger partial charge in [0, 0.05) is 35.8 Å². The fraction of sp³-hybridized carbons (Fsp3) is 0.625. The summed E-state index contributed by atoms with van der Waals surface area (Å²) in [5.74, 6) is 0. The van der Waals surface area contributed by atoms with Crippen LogP contribution in [-0.4, -0.2) is 44.7 Å². The molecule has 1 aromatic rings. The Bertz CT molecular complexity index is 436. The van der Waals surface area contributed by atoms with Crippen molar-refractivity contribution in [1.29, 1.82) is 0 Å². The van der Waals surface area contributed by atoms with Crippen LogP contribution >= 0.6 is 15.9 Å². The van der Waals surface area contributed by atoms with Crippen molar-refractivity contribution >= 4 is 21.6 Å². The lowest BCUT2D eigenvalue weighted by Crippen LogP contribution is -2.40. The van der Waals surface area contributed by atoms with Crippen molar-refractivity contribution in [3.8, 4) is 0 Å². The van der Waals surface area contributed by atoms with Crippen LogP contribution in [0.1, 0.15) is 25.3 Å². The predicted molar refractivity (Wildman–Crippen MR) is 90.4 cm³/mol. The van der Waals surface area contributed by atoms with Crippen LogP contribution in [-0.2, 0) is 6.54 Å². The van der Waals surface area contributed by atoms with E-state index in [1.54, 1.807) is 0 Å². The molecule has 1 N–H and O–H groups in total. The molecule has 1 atom stereocenters. The Morgan fingerprint density at radius 3 is 2.85 bits per heavy atom. The maximum absolute atomic E-state index is 3.59. The van der Waals surface area contributed by atoms with Gasteiger partial charge in [0.05, 0.1) is 0 Å². The summed E-state index contributed by atoms with van der Waals surface area (Å²) in [6, 6.07) is 7.28. The molecule has 1 saturated heterocycles. The third-order valence-corrected chi connectivity index (χ3v) is 4.58. The summed E-state index contributed by atoms with van der Waals surface area (Å²) < 4.78 is 1.16. The molecule has 1 fully saturated rings. The van der Waals surface area contributed by atoms with Crippen molar-refractivity contribution in [1.82, 2.24) is 10.2 Å². The molecule has 0 radical (unpaired) electrons. The Morgan fingerprint density at radius 2 is 2.15 bits per heavy atom. The number of hydrogen-bond donors (Lipinski definition) is 1. The van der Waals surface area contributed by atoms with Gasteiger partial charge in [0.2, 0.25) is 0 Å². The Morgan fingerprint density at radius 1 is 1.35 bits per heavy atom. The normalized spacial score (nSPS) is 21.0. The summed E-state index contributed by atoms with van der Waals surface area (Å²) in [5.41, 5.74) is 2.77. The number of hydrogen-bond acceptors (Lipinski definition) is 3. The smallest absolute Gasteiger partial charge is 0.0415 e. The van der Waals surface area contributed by atoms with Gasteiger partial charge in [0.1, 0.15) is 0 Å². The molecule has 1 heterocycles. The summed E-state index contributed by atoms with van der Waals surface area (Å²) in [6.07, 6.45) is 2.43. The minimum Gasteiger partial charge on any atom is -0.367 e. The van der Waals surface area contributed by atoms with E-state index in [1.807, 2.05) is 7.05 Å². The molecule has 0 aliphatic carbocycles. The molecule has 0 amide bonds. The number of rotatable bonds is 4. The first-order valence-electron chi connectivity index (χ1n) is 7.54. The molecule has 0 bridgehead atoms. The van der Waals surface area contributed by atoms with E-state index in [0.717, 1.165) is 24.1 Å². The molecule has 1 aromatic carbocycles. The van der Waals surface area contributed by atoms with E-state index in [0.29, 0.717) is 6.04 Å². The third-order valence-electron chi connectivity index (χ3n) is 4.09. The molecule has 0 aromatic heterocycles. The van der Waals surface area contributed by atoms with Gasteiger partial charge in [-0.25, -0.2) is 0 Å². The Hall–Kier alpha value is -0.580. The minimum absolute atomic E-state index is 0.610. The zero-order valence-corrected chi connectivity index (χ0v) is 14.4. The van der Waals surface area contributed by atoms with Gasteiger partial charge in [0.15, 0.2) is 0 Å². The van der Waals surface area contributed by atoms with Crippen molar-refractivity contribution in [3.05, 3.63) is 28.2 Å². The first-order valence-corrected chi connectivity index (χ1v) is 8.33. The molecule has 1 aliphatic rings. The van der Waals surface area contributed by atoms with Gasteiger partial charge in [-0.1, -0.05) is 22.9 Å². The zero-order chi connectivity index (χ0) is 14.5. The number of benzene rings is 1. The number of nitrogens with one attached hydrogen (secondary N) is 1. The van der Waals surface area contributed by atoms with E-state index < -0.39 is 0 Å². The quantitative estimate of drug-likeness (QED) is 0.909. The van der Waals surface area contributed by atoms with Crippen molar-refractivity contribution in [3.63, 3.8) is 0 Å². The van der Waals surface area contributed by atoms with Crippen LogP contribution in [0.4, 0.5) is 5.69 Å². The van der Waals surface area contributed by atoms with E-state index in [-0.39, 0.29) is 0 Å². The highest BCUT2D eigenvalue weighted by atomic mass is 79.9. The van der Waals surface area contributed by atoms with Gasteiger partial charge < -0.3 is 15.1 Å². The highest BCUT2D eigenvalue weighted by Crippen LogP contribution is 2.28. The van der Waals surface area contributed by atoms with Gasteiger partial charge in [-0.2, -0.15) is 0 Å². The maximum atomic E-state index is 3.59. The molecule has 0 spiro atoms. The van der Waals surface area contributed by atoms with Gasteiger partial charge in [-0.05, 0) is 57.2 Å². The molecular weight excluding hydrogens is 314 g/mol. The molecule has 2 rings (SSSR count). The van der Waals surface area contributed by atoms with Crippen molar-refractivity contribution < 1.29 is 0 Å². The molecule has 112 valence electrons. The number of anilines is 1. The van der Waals surface area contributed by atoms with E-state index in [1.165, 1.54) is 30.6 Å². The molecule has 20 heavy (non-hydrogen) atoms. The standard InChI is InChI=1S/C16H26BrN3/c1-4-15-12-19(3)8-5-9-20(15)16-7-6-14(17)10-13(16)11-18-2/h6-7,10,15,18H,4-5,8-9,11-12H2,1-3H3. The number of halogens is 1. The van der Waals surface area contributed by atoms with E-state index in [2.05, 4.69) is 63.2 Å². The van der Waals surface area contributed by atoms with Gasteiger partial charge >= 0.3 is 0 Å². The first-order chi connectivity index (χ1) is 9.65. The fourth-order valence-electron chi connectivity index (χ4n) is 3.08. The molecule has 3 nitrogen and oxygen atoms in total. The fourth-order valence-corrected chi connectivity index (χ4v) is 3.48. The average Bonchev–Trinajstić information content (AvgIpc) is 2.61. The summed E-state index contributed by atoms with van der Waals surface area (Å²) in [4.78, 5) is 5.08. The van der Waals surface area contributed by atoms with Gasteiger partial charge in [0.25, 0.3) is 0 Å². The summed E-state index contributed by atoms with van der Waals surface area (Å²) in [7, 11) is 4.25. The Balaban J connectivity index is 2.31. The SMILES string of the molecule is CCC1CN(C)CCCN1c1ccc(Br)cc1CNC. The van der Waals surface area contributed by atoms with Crippen molar-refractivity contribution in [2.75, 3.05) is 38.6 Å². The van der Waals surface area contributed by atoms with Crippen molar-refractivity contribution in [2.24, 2.45) is 0 Å². The predicted octanol–water partition coefficient (Wildman–Crippen LogP) is 3.09. The highest BCUT2D eigenvalue weighted by Gasteiger charge is 2.23. The van der Waals surface area contributed by atoms with Gasteiger partial charge in [-0.3, -0.25) is 0 Å². The van der Waals surface area contributed by atoms with Gasteiger partial charge in [-0.15, -0.1) is 0 Å². The number of likely N-dealkylation sites (N-methyl/N-ethyl adjacent to an activating group) is 1. The molecule has 1 unspecified atom stereocenters. The van der Waals surface area contributed by atoms with Crippen LogP contribution < -0.4 is 10.2 Å². The minimum atomic E-state index is 0.610. The second-order valence-electron chi connectivity index (χ2n) is 5.67. The lowest BCUT2D eigenvalue weighted by Gasteiger charge is -2.34. The monoisotopic (exact) mass is 339 g/mol. The second-order valence-corrected chi connectivity index (χ2v) is 6.59. The lowest BCUT2D eigenvalue weighted by molar-refractivity contribution is 0.328. The topological polar surface area (TPSA) is 18.5 Å². The zero-order valence-electron chi connectivity index (χ0n) is 12.8. The molecular formula is C16H26BrN3. The van der Waals surface area contributed by atoms with Crippen LogP contribution in [0.25, 0.3) is 0 Å². The largest absolute Gasteiger partial charge is 0.367 e. The summed E-state index contributed by atoms with van der Waals surface area (Å²) >= 11 is 3.59. The third kappa shape index (κ3) is 3.74. The lowest BCUT2D eigenvalue weighted by atomic mass is 10.1. The van der Waals surface area contributed by atoms with Crippen LogP contribution in [0, 0.1) is 0 Å². The molecule has 4 heteroatoms. The molecule has 0 saturated carbocycles. The summed E-state index contributed by atoms with van der Waals surface area (Å²) in [6.45, 7) is 6.72. The van der Waals surface area contributed by atoms with Crippen molar-refractivity contribution in [2.45, 2.75) is 32.4 Å². The van der Waals surface area contributed by atoms with Crippen LogP contribution in [0.3, 0.4) is 0 Å². The van der Waals surface area contributed by atoms with Crippen LogP contribution in [0.2, 0.25) is 0 Å². The molecule has 1 aliphatic heterocycles. The summed E-state index contributed by atoms with van der Waals surface area (Å²) in [5, 5.41) is 3.29. The van der Waals surface area contributed by atoms with Crippen LogP contribution in [0.15, 0.2) is 22.7 Å². The van der Waals surface area contributed by atoms with Crippen LogP contribution in [0.5, 0.6) is 0 Å². The van der Waals surface area contributed by atoms with E-state index in [4.69, 9.17) is 0 Å². The maximum Gasteiger partial charge on any atom is 0.0415 e. The average molecular weight is 340 g/mol. The Labute approximate surface area is 131 Å². The second kappa shape index (κ2) is 7.43. The first kappa shape index (κ1) is 15.8.